The molecule has 1 aromatic heterocycles. The number of aryl methyl sites for hydroxylation is 1. The fourth-order valence-electron chi connectivity index (χ4n) is 2.45. The van der Waals surface area contributed by atoms with Crippen LogP contribution in [-0.4, -0.2) is 16.6 Å². The van der Waals surface area contributed by atoms with Crippen LogP contribution in [0.2, 0.25) is 5.02 Å². The van der Waals surface area contributed by atoms with Gasteiger partial charge < -0.3 is 9.72 Å². The summed E-state index contributed by atoms with van der Waals surface area (Å²) in [5, 5.41) is 10.0. The minimum atomic E-state index is 0.448. The first-order valence-corrected chi connectivity index (χ1v) is 7.99. The standard InChI is InChI=1S/C19H16ClN3O/c1-3-24-18-7-5-13(10-15(18)20)9-14(11-21)19-22-16-6-4-12(2)8-17(16)23-19/h4-10H,3H2,1-2H3,(H,22,23)/b14-9-. The highest BCUT2D eigenvalue weighted by molar-refractivity contribution is 6.32. The molecule has 0 aliphatic rings. The lowest BCUT2D eigenvalue weighted by Crippen LogP contribution is -1.92. The molecule has 5 heteroatoms. The molecule has 0 aliphatic heterocycles. The molecule has 0 spiro atoms. The van der Waals surface area contributed by atoms with Crippen molar-refractivity contribution < 1.29 is 4.74 Å². The van der Waals surface area contributed by atoms with Gasteiger partial charge in [0, 0.05) is 0 Å². The summed E-state index contributed by atoms with van der Waals surface area (Å²) in [5.74, 6) is 1.18. The van der Waals surface area contributed by atoms with Crippen molar-refractivity contribution in [1.29, 1.82) is 5.26 Å². The number of allylic oxidation sites excluding steroid dienone is 1. The molecule has 3 rings (SSSR count). The van der Waals surface area contributed by atoms with Crippen LogP contribution < -0.4 is 4.74 Å². The topological polar surface area (TPSA) is 61.7 Å². The number of aromatic nitrogens is 2. The van der Waals surface area contributed by atoms with Gasteiger partial charge >= 0.3 is 0 Å². The van der Waals surface area contributed by atoms with Gasteiger partial charge in [-0.15, -0.1) is 0 Å². The summed E-state index contributed by atoms with van der Waals surface area (Å²) in [4.78, 5) is 7.68. The van der Waals surface area contributed by atoms with E-state index >= 15 is 0 Å². The Morgan fingerprint density at radius 3 is 2.88 bits per heavy atom. The van der Waals surface area contributed by atoms with Crippen LogP contribution in [0.25, 0.3) is 22.7 Å². The summed E-state index contributed by atoms with van der Waals surface area (Å²) in [6.45, 7) is 4.47. The van der Waals surface area contributed by atoms with Crippen LogP contribution in [0.1, 0.15) is 23.9 Å². The van der Waals surface area contributed by atoms with Crippen molar-refractivity contribution in [2.24, 2.45) is 0 Å². The van der Waals surface area contributed by atoms with Crippen LogP contribution in [0.5, 0.6) is 5.75 Å². The maximum Gasteiger partial charge on any atom is 0.149 e. The first kappa shape index (κ1) is 16.1. The smallest absolute Gasteiger partial charge is 0.149 e. The zero-order valence-electron chi connectivity index (χ0n) is 13.4. The van der Waals surface area contributed by atoms with Gasteiger partial charge in [0.15, 0.2) is 0 Å². The number of nitrogens with zero attached hydrogens (tertiary/aromatic N) is 2. The van der Waals surface area contributed by atoms with Crippen molar-refractivity contribution in [2.45, 2.75) is 13.8 Å². The highest BCUT2D eigenvalue weighted by atomic mass is 35.5. The highest BCUT2D eigenvalue weighted by Crippen LogP contribution is 2.27. The van der Waals surface area contributed by atoms with Gasteiger partial charge in [-0.05, 0) is 55.3 Å². The Morgan fingerprint density at radius 1 is 1.33 bits per heavy atom. The summed E-state index contributed by atoms with van der Waals surface area (Å²) in [5.41, 5.74) is 4.15. The molecular formula is C19H16ClN3O. The van der Waals surface area contributed by atoms with E-state index in [0.29, 0.717) is 28.8 Å². The van der Waals surface area contributed by atoms with Crippen LogP contribution in [0.3, 0.4) is 0 Å². The summed E-state index contributed by atoms with van der Waals surface area (Å²) < 4.78 is 5.42. The van der Waals surface area contributed by atoms with Crippen LogP contribution in [0.4, 0.5) is 0 Å². The minimum absolute atomic E-state index is 0.448. The van der Waals surface area contributed by atoms with Gasteiger partial charge in [-0.2, -0.15) is 5.26 Å². The molecule has 0 saturated heterocycles. The summed E-state index contributed by atoms with van der Waals surface area (Å²) in [7, 11) is 0. The number of H-pyrrole nitrogens is 1. The van der Waals surface area contributed by atoms with Crippen molar-refractivity contribution in [3.8, 4) is 11.8 Å². The zero-order chi connectivity index (χ0) is 17.1. The molecule has 0 saturated carbocycles. The van der Waals surface area contributed by atoms with Crippen LogP contribution in [0, 0.1) is 18.3 Å². The van der Waals surface area contributed by atoms with E-state index in [1.54, 1.807) is 18.2 Å². The number of nitriles is 1. The van der Waals surface area contributed by atoms with Gasteiger partial charge in [0.2, 0.25) is 0 Å². The van der Waals surface area contributed by atoms with E-state index in [-0.39, 0.29) is 0 Å². The minimum Gasteiger partial charge on any atom is -0.492 e. The number of hydrogen-bond acceptors (Lipinski definition) is 3. The van der Waals surface area contributed by atoms with E-state index in [2.05, 4.69) is 16.0 Å². The molecule has 2 aromatic carbocycles. The Morgan fingerprint density at radius 2 is 2.17 bits per heavy atom. The lowest BCUT2D eigenvalue weighted by molar-refractivity contribution is 0.340. The predicted molar refractivity (Wildman–Crippen MR) is 96.9 cm³/mol. The maximum atomic E-state index is 9.49. The Kier molecular flexibility index (Phi) is 4.54. The molecule has 0 aliphatic carbocycles. The number of imidazole rings is 1. The van der Waals surface area contributed by atoms with E-state index in [9.17, 15) is 5.26 Å². The number of ether oxygens (including phenoxy) is 1. The van der Waals surface area contributed by atoms with Gasteiger partial charge in [0.1, 0.15) is 17.6 Å². The molecule has 0 unspecified atom stereocenters. The maximum absolute atomic E-state index is 9.49. The molecule has 120 valence electrons. The average molecular weight is 338 g/mol. The summed E-state index contributed by atoms with van der Waals surface area (Å²) in [6, 6.07) is 13.6. The van der Waals surface area contributed by atoms with Gasteiger partial charge in [-0.25, -0.2) is 4.98 Å². The van der Waals surface area contributed by atoms with Gasteiger partial charge in [0.05, 0.1) is 28.2 Å². The summed E-state index contributed by atoms with van der Waals surface area (Å²) in [6.07, 6.45) is 1.76. The molecule has 4 nitrogen and oxygen atoms in total. The Balaban J connectivity index is 1.99. The van der Waals surface area contributed by atoms with E-state index in [1.807, 2.05) is 38.1 Å². The average Bonchev–Trinajstić information content (AvgIpc) is 2.98. The number of hydrogen-bond donors (Lipinski definition) is 1. The first-order valence-electron chi connectivity index (χ1n) is 7.61. The Labute approximate surface area is 145 Å². The second kappa shape index (κ2) is 6.77. The molecule has 0 amide bonds. The second-order valence-electron chi connectivity index (χ2n) is 5.40. The first-order chi connectivity index (χ1) is 11.6. The predicted octanol–water partition coefficient (Wildman–Crippen LogP) is 4.99. The fourth-order valence-corrected chi connectivity index (χ4v) is 2.69. The van der Waals surface area contributed by atoms with Crippen LogP contribution in [-0.2, 0) is 0 Å². The molecule has 3 aromatic rings. The van der Waals surface area contributed by atoms with Crippen molar-refractivity contribution in [1.82, 2.24) is 9.97 Å². The molecular weight excluding hydrogens is 322 g/mol. The van der Waals surface area contributed by atoms with Crippen molar-refractivity contribution >= 4 is 34.3 Å². The van der Waals surface area contributed by atoms with Gasteiger partial charge in [0.25, 0.3) is 0 Å². The van der Waals surface area contributed by atoms with Crippen molar-refractivity contribution in [3.05, 3.63) is 58.4 Å². The molecule has 0 fully saturated rings. The lowest BCUT2D eigenvalue weighted by atomic mass is 10.1. The molecule has 24 heavy (non-hydrogen) atoms. The third-order valence-electron chi connectivity index (χ3n) is 3.58. The molecule has 0 atom stereocenters. The van der Waals surface area contributed by atoms with Crippen molar-refractivity contribution in [2.75, 3.05) is 6.61 Å². The zero-order valence-corrected chi connectivity index (χ0v) is 14.2. The largest absolute Gasteiger partial charge is 0.492 e. The highest BCUT2D eigenvalue weighted by Gasteiger charge is 2.09. The van der Waals surface area contributed by atoms with E-state index in [4.69, 9.17) is 16.3 Å². The molecule has 1 heterocycles. The number of halogens is 1. The third-order valence-corrected chi connectivity index (χ3v) is 3.88. The quantitative estimate of drug-likeness (QED) is 0.682. The Hall–Kier alpha value is -2.77. The van der Waals surface area contributed by atoms with E-state index < -0.39 is 0 Å². The summed E-state index contributed by atoms with van der Waals surface area (Å²) >= 11 is 6.20. The number of fused-ring (bicyclic) bond motifs is 1. The SMILES string of the molecule is CCOc1ccc(/C=C(/C#N)c2nc3ccc(C)cc3[nH]2)cc1Cl. The molecule has 1 N–H and O–H groups in total. The van der Waals surface area contributed by atoms with Gasteiger partial charge in [-0.1, -0.05) is 23.7 Å². The normalized spacial score (nSPS) is 11.5. The molecule has 0 radical (unpaired) electrons. The Bertz CT molecular complexity index is 966. The number of aromatic amines is 1. The van der Waals surface area contributed by atoms with E-state index in [1.165, 1.54) is 0 Å². The second-order valence-corrected chi connectivity index (χ2v) is 5.81. The van der Waals surface area contributed by atoms with E-state index in [0.717, 1.165) is 22.2 Å². The monoisotopic (exact) mass is 337 g/mol. The van der Waals surface area contributed by atoms with Gasteiger partial charge in [-0.3, -0.25) is 0 Å². The molecule has 0 bridgehead atoms. The van der Waals surface area contributed by atoms with Crippen LogP contribution >= 0.6 is 11.6 Å². The number of rotatable bonds is 4. The third kappa shape index (κ3) is 3.27. The number of nitrogens with one attached hydrogen (secondary N) is 1. The van der Waals surface area contributed by atoms with Crippen molar-refractivity contribution in [3.63, 3.8) is 0 Å². The lowest BCUT2D eigenvalue weighted by Gasteiger charge is -2.06. The van der Waals surface area contributed by atoms with Crippen LogP contribution in [0.15, 0.2) is 36.4 Å². The fraction of sp³-hybridized carbons (Fsp3) is 0.158. The number of benzene rings is 2.